The highest BCUT2D eigenvalue weighted by Crippen LogP contribution is 2.31. The molecule has 7 heteroatoms. The van der Waals surface area contributed by atoms with E-state index >= 15 is 0 Å². The minimum absolute atomic E-state index is 0.643. The Balaban J connectivity index is 1.51. The molecule has 0 atom stereocenters. The first-order valence-corrected chi connectivity index (χ1v) is 9.57. The average Bonchev–Trinajstić information content (AvgIpc) is 2.96. The van der Waals surface area contributed by atoms with Crippen molar-refractivity contribution >= 4 is 21.6 Å². The fourth-order valence-electron chi connectivity index (χ4n) is 3.63. The maximum Gasteiger partial charge on any atom is 0.136 e. The molecule has 130 valence electrons. The molecule has 0 saturated carbocycles. The van der Waals surface area contributed by atoms with Crippen molar-refractivity contribution in [2.24, 2.45) is 0 Å². The number of fused-ring (bicyclic) bond motifs is 3. The summed E-state index contributed by atoms with van der Waals surface area (Å²) in [6.07, 6.45) is 3.95. The lowest BCUT2D eigenvalue weighted by Crippen LogP contribution is -2.37. The highest BCUT2D eigenvalue weighted by Gasteiger charge is 2.21. The normalized spacial score (nSPS) is 19.7. The predicted molar refractivity (Wildman–Crippen MR) is 95.4 cm³/mol. The van der Waals surface area contributed by atoms with Crippen molar-refractivity contribution < 1.29 is 4.74 Å². The summed E-state index contributed by atoms with van der Waals surface area (Å²) in [6, 6.07) is 0. The van der Waals surface area contributed by atoms with Gasteiger partial charge in [0.1, 0.15) is 10.3 Å². The van der Waals surface area contributed by atoms with Crippen molar-refractivity contribution in [2.75, 3.05) is 46.4 Å². The van der Waals surface area contributed by atoms with Gasteiger partial charge in [-0.2, -0.15) is 0 Å². The summed E-state index contributed by atoms with van der Waals surface area (Å²) in [4.78, 5) is 11.9. The van der Waals surface area contributed by atoms with Gasteiger partial charge in [-0.1, -0.05) is 0 Å². The number of nitrogens with zero attached hydrogens (tertiary/aromatic N) is 4. The molecule has 2 aromatic rings. The van der Waals surface area contributed by atoms with Crippen molar-refractivity contribution in [2.45, 2.75) is 25.9 Å². The number of likely N-dealkylation sites (N-methyl/N-ethyl adjacent to an activating group) is 1. The lowest BCUT2D eigenvalue weighted by atomic mass is 10.1. The highest BCUT2D eigenvalue weighted by molar-refractivity contribution is 7.18. The molecule has 0 radical (unpaired) electrons. The molecule has 0 amide bonds. The lowest BCUT2D eigenvalue weighted by Gasteiger charge is -2.26. The van der Waals surface area contributed by atoms with Gasteiger partial charge in [-0.3, -0.25) is 10.3 Å². The predicted octanol–water partition coefficient (Wildman–Crippen LogP) is 1.29. The standard InChI is InChI=1S/C17H25N5OS/c1-20-6-3-13-14(11-20)24-17-15(13)16(18)22(12-19-17)5-2-4-21-7-9-23-10-8-21/h12,18H,2-11H2,1H3. The van der Waals surface area contributed by atoms with Crippen molar-refractivity contribution in [1.29, 1.82) is 5.41 Å². The molecule has 0 spiro atoms. The number of hydrogen-bond donors (Lipinski definition) is 1. The lowest BCUT2D eigenvalue weighted by molar-refractivity contribution is 0.0369. The Labute approximate surface area is 146 Å². The third-order valence-corrected chi connectivity index (χ3v) is 6.17. The number of thiophene rings is 1. The second kappa shape index (κ2) is 6.92. The van der Waals surface area contributed by atoms with Gasteiger partial charge in [-0.05, 0) is 25.5 Å². The van der Waals surface area contributed by atoms with Crippen LogP contribution in [0.3, 0.4) is 0 Å². The Hall–Kier alpha value is -1.28. The number of aryl methyl sites for hydroxylation is 1. The average molecular weight is 347 g/mol. The smallest absolute Gasteiger partial charge is 0.136 e. The molecule has 4 heterocycles. The van der Waals surface area contributed by atoms with Gasteiger partial charge in [0.25, 0.3) is 0 Å². The van der Waals surface area contributed by atoms with Crippen LogP contribution in [0.5, 0.6) is 0 Å². The Kier molecular flexibility index (Phi) is 4.67. The number of rotatable bonds is 4. The molecule has 2 aromatic heterocycles. The van der Waals surface area contributed by atoms with Crippen LogP contribution in [0.25, 0.3) is 10.2 Å². The third kappa shape index (κ3) is 3.13. The van der Waals surface area contributed by atoms with Gasteiger partial charge < -0.3 is 14.2 Å². The Morgan fingerprint density at radius 3 is 2.92 bits per heavy atom. The van der Waals surface area contributed by atoms with Gasteiger partial charge in [-0.15, -0.1) is 11.3 Å². The quantitative estimate of drug-likeness (QED) is 0.905. The van der Waals surface area contributed by atoms with Crippen LogP contribution in [0, 0.1) is 5.41 Å². The minimum Gasteiger partial charge on any atom is -0.379 e. The molecule has 0 aliphatic carbocycles. The van der Waals surface area contributed by atoms with Crippen molar-refractivity contribution in [3.63, 3.8) is 0 Å². The van der Waals surface area contributed by atoms with Gasteiger partial charge >= 0.3 is 0 Å². The second-order valence-corrected chi connectivity index (χ2v) is 7.85. The Bertz CT molecular complexity index is 777. The summed E-state index contributed by atoms with van der Waals surface area (Å²) < 4.78 is 7.42. The van der Waals surface area contributed by atoms with E-state index in [4.69, 9.17) is 10.1 Å². The van der Waals surface area contributed by atoms with Gasteiger partial charge in [0.15, 0.2) is 0 Å². The fourth-order valence-corrected chi connectivity index (χ4v) is 4.90. The van der Waals surface area contributed by atoms with Crippen molar-refractivity contribution in [3.8, 4) is 0 Å². The zero-order chi connectivity index (χ0) is 16.5. The molecule has 4 rings (SSSR count). The largest absolute Gasteiger partial charge is 0.379 e. The van der Waals surface area contributed by atoms with E-state index in [0.717, 1.165) is 75.5 Å². The van der Waals surface area contributed by atoms with Crippen LogP contribution in [0.2, 0.25) is 0 Å². The van der Waals surface area contributed by atoms with E-state index in [2.05, 4.69) is 21.8 Å². The van der Waals surface area contributed by atoms with E-state index in [0.29, 0.717) is 5.49 Å². The van der Waals surface area contributed by atoms with E-state index in [-0.39, 0.29) is 0 Å². The summed E-state index contributed by atoms with van der Waals surface area (Å²) in [5.41, 5.74) is 2.01. The SMILES string of the molecule is CN1CCc2c(sc3ncn(CCCN4CCOCC4)c(=N)c23)C1. The summed E-state index contributed by atoms with van der Waals surface area (Å²) in [5, 5.41) is 9.75. The maximum atomic E-state index is 8.65. The number of aromatic nitrogens is 2. The number of morpholine rings is 1. The summed E-state index contributed by atoms with van der Waals surface area (Å²) in [7, 11) is 2.16. The fraction of sp³-hybridized carbons (Fsp3) is 0.647. The topological polar surface area (TPSA) is 57.4 Å². The molecule has 0 bridgehead atoms. The van der Waals surface area contributed by atoms with E-state index < -0.39 is 0 Å². The second-order valence-electron chi connectivity index (χ2n) is 6.77. The zero-order valence-corrected chi connectivity index (χ0v) is 15.1. The van der Waals surface area contributed by atoms with E-state index in [9.17, 15) is 0 Å². The van der Waals surface area contributed by atoms with Crippen LogP contribution in [0.15, 0.2) is 6.33 Å². The molecule has 1 saturated heterocycles. The first-order chi connectivity index (χ1) is 11.7. The molecular weight excluding hydrogens is 322 g/mol. The Morgan fingerprint density at radius 2 is 2.08 bits per heavy atom. The molecule has 24 heavy (non-hydrogen) atoms. The number of hydrogen-bond acceptors (Lipinski definition) is 6. The highest BCUT2D eigenvalue weighted by atomic mass is 32.1. The van der Waals surface area contributed by atoms with Crippen LogP contribution < -0.4 is 5.49 Å². The van der Waals surface area contributed by atoms with Crippen LogP contribution in [-0.2, 0) is 24.2 Å². The number of ether oxygens (including phenoxy) is 1. The molecule has 1 fully saturated rings. The molecule has 0 unspecified atom stereocenters. The van der Waals surface area contributed by atoms with Crippen LogP contribution >= 0.6 is 11.3 Å². The van der Waals surface area contributed by atoms with Crippen LogP contribution in [0.1, 0.15) is 16.9 Å². The molecule has 2 aliphatic heterocycles. The molecule has 6 nitrogen and oxygen atoms in total. The van der Waals surface area contributed by atoms with Crippen molar-refractivity contribution in [1.82, 2.24) is 19.4 Å². The van der Waals surface area contributed by atoms with Crippen LogP contribution in [-0.4, -0.2) is 65.8 Å². The molecule has 0 aromatic carbocycles. The van der Waals surface area contributed by atoms with Gasteiger partial charge in [0.05, 0.1) is 24.9 Å². The monoisotopic (exact) mass is 347 g/mol. The van der Waals surface area contributed by atoms with Gasteiger partial charge in [-0.25, -0.2) is 4.98 Å². The molecular formula is C17H25N5OS. The van der Waals surface area contributed by atoms with Gasteiger partial charge in [0, 0.05) is 44.1 Å². The minimum atomic E-state index is 0.643. The van der Waals surface area contributed by atoms with Crippen molar-refractivity contribution in [3.05, 3.63) is 22.3 Å². The first kappa shape index (κ1) is 16.2. The zero-order valence-electron chi connectivity index (χ0n) is 14.3. The van der Waals surface area contributed by atoms with Gasteiger partial charge in [0.2, 0.25) is 0 Å². The maximum absolute atomic E-state index is 8.65. The first-order valence-electron chi connectivity index (χ1n) is 8.75. The van der Waals surface area contributed by atoms with E-state index in [1.165, 1.54) is 10.4 Å². The molecule has 1 N–H and O–H groups in total. The number of nitrogens with one attached hydrogen (secondary N) is 1. The molecule has 2 aliphatic rings. The van der Waals surface area contributed by atoms with E-state index in [1.54, 1.807) is 11.3 Å². The summed E-state index contributed by atoms with van der Waals surface area (Å²) >= 11 is 1.76. The Morgan fingerprint density at radius 1 is 1.25 bits per heavy atom. The van der Waals surface area contributed by atoms with E-state index in [1.807, 2.05) is 10.9 Å². The van der Waals surface area contributed by atoms with Crippen LogP contribution in [0.4, 0.5) is 0 Å². The summed E-state index contributed by atoms with van der Waals surface area (Å²) in [5.74, 6) is 0. The third-order valence-electron chi connectivity index (χ3n) is 5.04. The summed E-state index contributed by atoms with van der Waals surface area (Å²) in [6.45, 7) is 7.75.